The first-order valence-electron chi connectivity index (χ1n) is 9.81. The third-order valence-corrected chi connectivity index (χ3v) is 5.19. The van der Waals surface area contributed by atoms with E-state index in [0.717, 1.165) is 24.0 Å². The number of anilines is 3. The number of fused-ring (bicyclic) bond motifs is 1. The minimum atomic E-state index is -1.28. The second-order valence-electron chi connectivity index (χ2n) is 7.50. The number of H-pyrrole nitrogens is 1. The predicted molar refractivity (Wildman–Crippen MR) is 111 cm³/mol. The summed E-state index contributed by atoms with van der Waals surface area (Å²) < 4.78 is 0. The number of aromatic amines is 1. The lowest BCUT2D eigenvalue weighted by Crippen LogP contribution is -2.41. The van der Waals surface area contributed by atoms with Crippen LogP contribution >= 0.6 is 0 Å². The highest BCUT2D eigenvalue weighted by atomic mass is 16.4. The maximum Gasteiger partial charge on any atom is 0.326 e. The first kappa shape index (κ1) is 21.9. The lowest BCUT2D eigenvalue weighted by molar-refractivity contribution is -0.140. The van der Waals surface area contributed by atoms with Crippen LogP contribution in [0.5, 0.6) is 0 Å². The Morgan fingerprint density at radius 1 is 1.26 bits per heavy atom. The van der Waals surface area contributed by atoms with Crippen molar-refractivity contribution >= 4 is 35.4 Å². The summed E-state index contributed by atoms with van der Waals surface area (Å²) in [5, 5.41) is 23.5. The van der Waals surface area contributed by atoms with Crippen molar-refractivity contribution in [2.24, 2.45) is 5.92 Å². The molecule has 0 fully saturated rings. The molecule has 1 aliphatic rings. The number of carbonyl (C=O) groups excluding carboxylic acids is 1. The van der Waals surface area contributed by atoms with E-state index in [0.29, 0.717) is 30.5 Å². The average Bonchev–Trinajstić information content (AvgIpc) is 3.18. The van der Waals surface area contributed by atoms with Gasteiger partial charge in [0, 0.05) is 24.7 Å². The van der Waals surface area contributed by atoms with Crippen molar-refractivity contribution < 1.29 is 24.6 Å². The fourth-order valence-electron chi connectivity index (χ4n) is 3.52. The van der Waals surface area contributed by atoms with Gasteiger partial charge in [0.25, 0.3) is 5.91 Å². The Balaban J connectivity index is 1.54. The highest BCUT2D eigenvalue weighted by Gasteiger charge is 2.24. The number of nitrogens with zero attached hydrogens (tertiary/aromatic N) is 2. The number of aliphatic carboxylic acids is 2. The van der Waals surface area contributed by atoms with Crippen LogP contribution < -0.4 is 22.1 Å². The number of nitrogen functional groups attached to an aromatic ring is 2. The molecule has 0 saturated carbocycles. The van der Waals surface area contributed by atoms with E-state index in [1.165, 1.54) is 0 Å². The Morgan fingerprint density at radius 2 is 2.03 bits per heavy atom. The van der Waals surface area contributed by atoms with Crippen LogP contribution in [0.4, 0.5) is 17.6 Å². The van der Waals surface area contributed by atoms with E-state index in [-0.39, 0.29) is 24.5 Å². The number of nitrogens with two attached hydrogens (primary N) is 2. The van der Waals surface area contributed by atoms with Crippen molar-refractivity contribution in [3.05, 3.63) is 29.1 Å². The van der Waals surface area contributed by atoms with Gasteiger partial charge < -0.3 is 37.3 Å². The molecule has 2 aromatic heterocycles. The molecule has 1 aliphatic heterocycles. The summed E-state index contributed by atoms with van der Waals surface area (Å²) in [5.74, 6) is -1.54. The average molecular weight is 431 g/mol. The molecule has 0 radical (unpaired) electrons. The lowest BCUT2D eigenvalue weighted by atomic mass is 9.91. The van der Waals surface area contributed by atoms with Crippen LogP contribution in [-0.2, 0) is 22.4 Å². The molecule has 3 rings (SSSR count). The third-order valence-electron chi connectivity index (χ3n) is 5.19. The van der Waals surface area contributed by atoms with Gasteiger partial charge in [-0.25, -0.2) is 4.79 Å². The minimum absolute atomic E-state index is 0.133. The van der Waals surface area contributed by atoms with Crippen molar-refractivity contribution in [1.82, 2.24) is 20.3 Å². The molecule has 31 heavy (non-hydrogen) atoms. The van der Waals surface area contributed by atoms with Crippen LogP contribution in [0, 0.1) is 5.92 Å². The molecule has 166 valence electrons. The van der Waals surface area contributed by atoms with Crippen molar-refractivity contribution in [3.63, 3.8) is 0 Å². The van der Waals surface area contributed by atoms with Gasteiger partial charge in [-0.1, -0.05) is 0 Å². The highest BCUT2D eigenvalue weighted by molar-refractivity contribution is 5.95. The van der Waals surface area contributed by atoms with E-state index in [1.807, 2.05) is 0 Å². The molecule has 0 aromatic carbocycles. The van der Waals surface area contributed by atoms with Crippen LogP contribution in [0.2, 0.25) is 0 Å². The standard InChI is InChI=1S/C19H25N7O5/c20-15-11-5-9(8-23-16(11)26-19(21)25-15)1-2-10-6-13(22-7-10)17(29)24-12(18(30)31)3-4-14(27)28/h6-7,9,12,22H,1-5,8H2,(H,24,29)(H,27,28)(H,30,31)(H5,20,21,23,25,26)/t9?,12-/m0/s1. The number of carboxylic acids is 2. The molecule has 12 nitrogen and oxygen atoms in total. The Hall–Kier alpha value is -3.83. The number of aromatic nitrogens is 3. The summed E-state index contributed by atoms with van der Waals surface area (Å²) in [5.41, 5.74) is 13.5. The molecule has 0 spiro atoms. The van der Waals surface area contributed by atoms with Gasteiger partial charge in [0.1, 0.15) is 23.4 Å². The first-order chi connectivity index (χ1) is 14.7. The molecule has 2 atom stereocenters. The van der Waals surface area contributed by atoms with Crippen molar-refractivity contribution in [3.8, 4) is 0 Å². The number of carboxylic acid groups (broad SMARTS) is 2. The Bertz CT molecular complexity index is 990. The molecular formula is C19H25N7O5. The summed E-state index contributed by atoms with van der Waals surface area (Å²) in [4.78, 5) is 45.2. The van der Waals surface area contributed by atoms with Crippen LogP contribution in [0.15, 0.2) is 12.3 Å². The van der Waals surface area contributed by atoms with Gasteiger partial charge >= 0.3 is 11.9 Å². The van der Waals surface area contributed by atoms with Crippen molar-refractivity contribution in [2.45, 2.75) is 38.1 Å². The molecule has 9 N–H and O–H groups in total. The highest BCUT2D eigenvalue weighted by Crippen LogP contribution is 2.29. The molecule has 3 heterocycles. The van der Waals surface area contributed by atoms with Crippen LogP contribution in [0.3, 0.4) is 0 Å². The minimum Gasteiger partial charge on any atom is -0.481 e. The molecule has 0 aliphatic carbocycles. The van der Waals surface area contributed by atoms with Crippen LogP contribution in [0.1, 0.15) is 40.9 Å². The van der Waals surface area contributed by atoms with E-state index in [4.69, 9.17) is 16.6 Å². The number of nitrogens with one attached hydrogen (secondary N) is 3. The van der Waals surface area contributed by atoms with Gasteiger partial charge in [0.15, 0.2) is 0 Å². The summed E-state index contributed by atoms with van der Waals surface area (Å²) in [7, 11) is 0. The number of amides is 1. The van der Waals surface area contributed by atoms with E-state index >= 15 is 0 Å². The van der Waals surface area contributed by atoms with Gasteiger partial charge in [-0.05, 0) is 43.2 Å². The molecule has 2 aromatic rings. The smallest absolute Gasteiger partial charge is 0.326 e. The Labute approximate surface area is 177 Å². The van der Waals surface area contributed by atoms with E-state index in [1.54, 1.807) is 12.3 Å². The maximum atomic E-state index is 12.3. The van der Waals surface area contributed by atoms with Gasteiger partial charge in [0.05, 0.1) is 0 Å². The summed E-state index contributed by atoms with van der Waals surface area (Å²) in [6.45, 7) is 0.713. The topological polar surface area (TPSA) is 209 Å². The molecule has 1 unspecified atom stereocenters. The van der Waals surface area contributed by atoms with Crippen LogP contribution in [-0.4, -0.2) is 55.6 Å². The van der Waals surface area contributed by atoms with Gasteiger partial charge in [-0.2, -0.15) is 9.97 Å². The zero-order chi connectivity index (χ0) is 22.5. The van der Waals surface area contributed by atoms with Crippen LogP contribution in [0.25, 0.3) is 0 Å². The largest absolute Gasteiger partial charge is 0.481 e. The molecule has 0 bridgehead atoms. The number of rotatable bonds is 9. The third kappa shape index (κ3) is 5.62. The Morgan fingerprint density at radius 3 is 2.74 bits per heavy atom. The predicted octanol–water partition coefficient (Wildman–Crippen LogP) is 0.234. The van der Waals surface area contributed by atoms with Crippen molar-refractivity contribution in [1.29, 1.82) is 0 Å². The lowest BCUT2D eigenvalue weighted by Gasteiger charge is -2.26. The molecule has 1 amide bonds. The zero-order valence-electron chi connectivity index (χ0n) is 16.7. The molecular weight excluding hydrogens is 406 g/mol. The zero-order valence-corrected chi connectivity index (χ0v) is 16.7. The quantitative estimate of drug-likeness (QED) is 0.287. The first-order valence-corrected chi connectivity index (χ1v) is 9.81. The van der Waals surface area contributed by atoms with Gasteiger partial charge in [-0.3, -0.25) is 9.59 Å². The Kier molecular flexibility index (Phi) is 6.58. The second kappa shape index (κ2) is 9.32. The fourth-order valence-corrected chi connectivity index (χ4v) is 3.52. The SMILES string of the molecule is Nc1nc(N)c2c(n1)NCC(CCc1c[nH]c(C(=O)N[C@@H](CCC(=O)O)C(=O)O)c1)C2. The van der Waals surface area contributed by atoms with Gasteiger partial charge in [0.2, 0.25) is 5.95 Å². The summed E-state index contributed by atoms with van der Waals surface area (Å²) >= 11 is 0. The van der Waals surface area contributed by atoms with Crippen molar-refractivity contribution in [2.75, 3.05) is 23.3 Å². The molecule has 12 heteroatoms. The fraction of sp³-hybridized carbons (Fsp3) is 0.421. The monoisotopic (exact) mass is 431 g/mol. The van der Waals surface area contributed by atoms with E-state index in [2.05, 4.69) is 25.6 Å². The number of hydrogen-bond acceptors (Lipinski definition) is 8. The maximum absolute atomic E-state index is 12.3. The normalized spacial score (nSPS) is 16.1. The number of aryl methyl sites for hydroxylation is 1. The number of carbonyl (C=O) groups is 3. The molecule has 0 saturated heterocycles. The summed E-state index contributed by atoms with van der Waals surface area (Å²) in [6, 6.07) is 0.388. The number of hydrogen-bond donors (Lipinski definition) is 7. The van der Waals surface area contributed by atoms with E-state index in [9.17, 15) is 19.5 Å². The summed E-state index contributed by atoms with van der Waals surface area (Å²) in [6.07, 6.45) is 3.39. The second-order valence-corrected chi connectivity index (χ2v) is 7.50. The van der Waals surface area contributed by atoms with Gasteiger partial charge in [-0.15, -0.1) is 0 Å². The van der Waals surface area contributed by atoms with E-state index < -0.39 is 23.9 Å².